The lowest BCUT2D eigenvalue weighted by Crippen LogP contribution is -2.24. The van der Waals surface area contributed by atoms with Crippen LogP contribution in [0.25, 0.3) is 11.4 Å². The Morgan fingerprint density at radius 2 is 1.80 bits per heavy atom. The zero-order valence-electron chi connectivity index (χ0n) is 14.3. The minimum Gasteiger partial charge on any atom is -0.339 e. The molecule has 1 aliphatic heterocycles. The molecule has 5 heteroatoms. The Kier molecular flexibility index (Phi) is 3.84. The summed E-state index contributed by atoms with van der Waals surface area (Å²) in [5.74, 6) is 1.11. The largest absolute Gasteiger partial charge is 0.339 e. The van der Waals surface area contributed by atoms with Crippen molar-refractivity contribution in [3.8, 4) is 11.4 Å². The van der Waals surface area contributed by atoms with E-state index in [-0.39, 0.29) is 11.8 Å². The molecule has 0 aliphatic carbocycles. The quantitative estimate of drug-likeness (QED) is 0.730. The number of rotatable bonds is 3. The van der Waals surface area contributed by atoms with Gasteiger partial charge in [-0.1, -0.05) is 41.6 Å². The van der Waals surface area contributed by atoms with Crippen LogP contribution in [0.2, 0.25) is 0 Å². The first-order chi connectivity index (χ1) is 12.1. The van der Waals surface area contributed by atoms with E-state index in [0.29, 0.717) is 24.7 Å². The molecule has 0 bridgehead atoms. The van der Waals surface area contributed by atoms with Crippen molar-refractivity contribution in [1.82, 2.24) is 10.1 Å². The minimum absolute atomic E-state index is 0.0710. The third-order valence-electron chi connectivity index (χ3n) is 4.47. The number of carbonyl (C=O) groups excluding carboxylic acids is 1. The Hall–Kier alpha value is -2.95. The number of aromatic nitrogens is 2. The van der Waals surface area contributed by atoms with Crippen LogP contribution >= 0.6 is 0 Å². The fourth-order valence-corrected chi connectivity index (χ4v) is 3.33. The van der Waals surface area contributed by atoms with Crippen LogP contribution in [0.15, 0.2) is 53.1 Å². The van der Waals surface area contributed by atoms with Crippen molar-refractivity contribution in [2.24, 2.45) is 0 Å². The second-order valence-electron chi connectivity index (χ2n) is 6.57. The highest BCUT2D eigenvalue weighted by atomic mass is 16.5. The van der Waals surface area contributed by atoms with E-state index in [1.54, 1.807) is 0 Å². The van der Waals surface area contributed by atoms with Crippen LogP contribution in [0.5, 0.6) is 0 Å². The molecule has 2 heterocycles. The normalized spacial score (nSPS) is 17.3. The van der Waals surface area contributed by atoms with Crippen molar-refractivity contribution in [2.45, 2.75) is 26.2 Å². The van der Waals surface area contributed by atoms with Crippen molar-refractivity contribution in [2.75, 3.05) is 11.4 Å². The van der Waals surface area contributed by atoms with Gasteiger partial charge in [-0.2, -0.15) is 4.98 Å². The number of amides is 1. The van der Waals surface area contributed by atoms with Gasteiger partial charge in [0.15, 0.2) is 0 Å². The lowest BCUT2D eigenvalue weighted by Gasteiger charge is -2.17. The number of benzene rings is 2. The molecule has 126 valence electrons. The maximum absolute atomic E-state index is 12.5. The summed E-state index contributed by atoms with van der Waals surface area (Å²) < 4.78 is 5.44. The molecule has 5 nitrogen and oxygen atoms in total. The number of hydrogen-bond donors (Lipinski definition) is 0. The molecule has 1 saturated heterocycles. The van der Waals surface area contributed by atoms with E-state index in [2.05, 4.69) is 16.2 Å². The summed E-state index contributed by atoms with van der Waals surface area (Å²) in [5, 5.41) is 4.07. The molecule has 2 aromatic carbocycles. The van der Waals surface area contributed by atoms with E-state index < -0.39 is 0 Å². The van der Waals surface area contributed by atoms with E-state index in [1.807, 2.05) is 61.2 Å². The molecule has 0 saturated carbocycles. The number of hydrogen-bond acceptors (Lipinski definition) is 4. The zero-order valence-corrected chi connectivity index (χ0v) is 14.3. The standard InChI is InChI=1S/C20H19N3O2/c1-13-8-14(2)10-17(9-13)23-12-16(11-18(23)24)20-21-19(22-25-20)15-6-4-3-5-7-15/h3-10,16H,11-12H2,1-2H3/t16-/m0/s1. The number of carbonyl (C=O) groups is 1. The number of aryl methyl sites for hydroxylation is 2. The second-order valence-corrected chi connectivity index (χ2v) is 6.57. The van der Waals surface area contributed by atoms with Gasteiger partial charge in [-0.05, 0) is 37.1 Å². The van der Waals surface area contributed by atoms with Gasteiger partial charge < -0.3 is 9.42 Å². The molecule has 0 spiro atoms. The van der Waals surface area contributed by atoms with Gasteiger partial charge in [-0.3, -0.25) is 4.79 Å². The van der Waals surface area contributed by atoms with Crippen molar-refractivity contribution >= 4 is 11.6 Å². The number of anilines is 1. The molecule has 0 N–H and O–H groups in total. The molecule has 1 fully saturated rings. The van der Waals surface area contributed by atoms with E-state index in [4.69, 9.17) is 4.52 Å². The third-order valence-corrected chi connectivity index (χ3v) is 4.47. The Morgan fingerprint density at radius 1 is 1.08 bits per heavy atom. The van der Waals surface area contributed by atoms with Crippen molar-refractivity contribution in [3.05, 3.63) is 65.5 Å². The fourth-order valence-electron chi connectivity index (χ4n) is 3.33. The van der Waals surface area contributed by atoms with Gasteiger partial charge in [0.1, 0.15) is 0 Å². The van der Waals surface area contributed by atoms with Gasteiger partial charge in [-0.15, -0.1) is 0 Å². The lowest BCUT2D eigenvalue weighted by molar-refractivity contribution is -0.117. The van der Waals surface area contributed by atoms with E-state index in [9.17, 15) is 4.79 Å². The Balaban J connectivity index is 1.57. The molecular formula is C20H19N3O2. The Bertz CT molecular complexity index is 897. The summed E-state index contributed by atoms with van der Waals surface area (Å²) in [5.41, 5.74) is 4.14. The molecule has 3 aromatic rings. The fraction of sp³-hybridized carbons (Fsp3) is 0.250. The highest BCUT2D eigenvalue weighted by Crippen LogP contribution is 2.32. The van der Waals surface area contributed by atoms with Crippen LogP contribution in [0.3, 0.4) is 0 Å². The summed E-state index contributed by atoms with van der Waals surface area (Å²) in [6.07, 6.45) is 0.392. The van der Waals surface area contributed by atoms with Gasteiger partial charge >= 0.3 is 0 Å². The maximum Gasteiger partial charge on any atom is 0.232 e. The first-order valence-corrected chi connectivity index (χ1v) is 8.38. The molecule has 1 aliphatic rings. The van der Waals surface area contributed by atoms with Crippen molar-refractivity contribution in [1.29, 1.82) is 0 Å². The molecule has 1 atom stereocenters. The molecule has 0 unspecified atom stereocenters. The smallest absolute Gasteiger partial charge is 0.232 e. The van der Waals surface area contributed by atoms with Crippen LogP contribution < -0.4 is 4.90 Å². The molecule has 4 rings (SSSR count). The summed E-state index contributed by atoms with van der Waals surface area (Å²) in [4.78, 5) is 18.8. The van der Waals surface area contributed by atoms with E-state index in [1.165, 1.54) is 0 Å². The molecule has 0 radical (unpaired) electrons. The zero-order chi connectivity index (χ0) is 17.4. The van der Waals surface area contributed by atoms with Crippen LogP contribution in [0.1, 0.15) is 29.4 Å². The molecule has 1 amide bonds. The lowest BCUT2D eigenvalue weighted by atomic mass is 10.1. The van der Waals surface area contributed by atoms with Gasteiger partial charge in [0, 0.05) is 24.2 Å². The maximum atomic E-state index is 12.5. The van der Waals surface area contributed by atoms with Gasteiger partial charge in [0.2, 0.25) is 17.6 Å². The summed E-state index contributed by atoms with van der Waals surface area (Å²) in [7, 11) is 0. The van der Waals surface area contributed by atoms with Crippen molar-refractivity contribution < 1.29 is 9.32 Å². The van der Waals surface area contributed by atoms with Crippen molar-refractivity contribution in [3.63, 3.8) is 0 Å². The van der Waals surface area contributed by atoms with E-state index >= 15 is 0 Å². The average molecular weight is 333 g/mol. The summed E-state index contributed by atoms with van der Waals surface area (Å²) in [6.45, 7) is 4.65. The molecule has 1 aromatic heterocycles. The van der Waals surface area contributed by atoms with Crippen LogP contribution in [0, 0.1) is 13.8 Å². The topological polar surface area (TPSA) is 59.2 Å². The Labute approximate surface area is 146 Å². The minimum atomic E-state index is -0.0710. The first kappa shape index (κ1) is 15.6. The van der Waals surface area contributed by atoms with E-state index in [0.717, 1.165) is 22.4 Å². The Morgan fingerprint density at radius 3 is 2.52 bits per heavy atom. The highest BCUT2D eigenvalue weighted by Gasteiger charge is 2.35. The second kappa shape index (κ2) is 6.16. The number of nitrogens with zero attached hydrogens (tertiary/aromatic N) is 3. The summed E-state index contributed by atoms with van der Waals surface area (Å²) >= 11 is 0. The van der Waals surface area contributed by atoms with Crippen LogP contribution in [-0.4, -0.2) is 22.6 Å². The SMILES string of the molecule is Cc1cc(C)cc(N2C[C@@H](c3nc(-c4ccccc4)no3)CC2=O)c1. The predicted molar refractivity (Wildman–Crippen MR) is 95.4 cm³/mol. The third kappa shape index (κ3) is 3.05. The molecule has 25 heavy (non-hydrogen) atoms. The molecular weight excluding hydrogens is 314 g/mol. The monoisotopic (exact) mass is 333 g/mol. The summed E-state index contributed by atoms with van der Waals surface area (Å²) in [6, 6.07) is 15.9. The van der Waals surface area contributed by atoms with Gasteiger partial charge in [0.25, 0.3) is 0 Å². The average Bonchev–Trinajstić information content (AvgIpc) is 3.21. The predicted octanol–water partition coefficient (Wildman–Crippen LogP) is 3.87. The highest BCUT2D eigenvalue weighted by molar-refractivity contribution is 5.96. The van der Waals surface area contributed by atoms with Crippen LogP contribution in [0.4, 0.5) is 5.69 Å². The van der Waals surface area contributed by atoms with Gasteiger partial charge in [-0.25, -0.2) is 0 Å². The first-order valence-electron chi connectivity index (χ1n) is 8.38. The van der Waals surface area contributed by atoms with Crippen LogP contribution in [-0.2, 0) is 4.79 Å². The van der Waals surface area contributed by atoms with Gasteiger partial charge in [0.05, 0.1) is 5.92 Å².